The summed E-state index contributed by atoms with van der Waals surface area (Å²) >= 11 is 12.8. The molecule has 1 aliphatic heterocycles. The Morgan fingerprint density at radius 3 is 2.41 bits per heavy atom. The van der Waals surface area contributed by atoms with E-state index in [1.807, 2.05) is 30.3 Å². The Bertz CT molecular complexity index is 1120. The lowest BCUT2D eigenvalue weighted by Gasteiger charge is -2.33. The molecule has 0 aromatic heterocycles. The van der Waals surface area contributed by atoms with E-state index >= 15 is 0 Å². The number of nitrogens with zero attached hydrogens (tertiary/aromatic N) is 4. The number of rotatable bonds is 15. The highest BCUT2D eigenvalue weighted by Crippen LogP contribution is 2.38. The number of ether oxygens (including phenoxy) is 3. The normalized spacial score (nSPS) is 16.3. The van der Waals surface area contributed by atoms with Crippen LogP contribution >= 0.6 is 23.2 Å². The van der Waals surface area contributed by atoms with Crippen LogP contribution in [0.5, 0.6) is 0 Å². The van der Waals surface area contributed by atoms with Crippen LogP contribution in [0.1, 0.15) is 22.6 Å². The average Bonchev–Trinajstić information content (AvgIpc) is 2.87. The van der Waals surface area contributed by atoms with Gasteiger partial charge in [-0.2, -0.15) is 0 Å². The van der Waals surface area contributed by atoms with E-state index in [-0.39, 0.29) is 5.92 Å². The zero-order chi connectivity index (χ0) is 26.7. The zero-order valence-corrected chi connectivity index (χ0v) is 23.6. The molecule has 0 fully saturated rings. The summed E-state index contributed by atoms with van der Waals surface area (Å²) in [6.45, 7) is 5.00. The molecule has 1 aliphatic rings. The average molecular weight is 573 g/mol. The van der Waals surface area contributed by atoms with Gasteiger partial charge in [-0.1, -0.05) is 40.4 Å². The molecular weight excluding hydrogens is 537 g/mol. The van der Waals surface area contributed by atoms with E-state index < -0.39 is 10.1 Å². The Morgan fingerprint density at radius 2 is 1.73 bits per heavy atom. The first-order valence-electron chi connectivity index (χ1n) is 12.2. The van der Waals surface area contributed by atoms with E-state index in [0.717, 1.165) is 34.7 Å². The first kappa shape index (κ1) is 29.8. The number of nitrogens with one attached hydrogen (secondary N) is 1. The quantitative estimate of drug-likeness (QED) is 0.108. The van der Waals surface area contributed by atoms with Gasteiger partial charge in [-0.25, -0.2) is 0 Å². The largest absolute Gasteiger partial charge is 0.379 e. The minimum Gasteiger partial charge on any atom is -0.379 e. The topological polar surface area (TPSA) is 109 Å². The van der Waals surface area contributed by atoms with Crippen LogP contribution in [0.3, 0.4) is 0 Å². The minimum absolute atomic E-state index is 0.142. The molecule has 2 aromatic rings. The first-order valence-corrected chi connectivity index (χ1v) is 15.1. The number of benzene rings is 2. The van der Waals surface area contributed by atoms with Gasteiger partial charge < -0.3 is 19.1 Å². The molecule has 37 heavy (non-hydrogen) atoms. The minimum atomic E-state index is -2.74. The van der Waals surface area contributed by atoms with Crippen LogP contribution in [0.25, 0.3) is 10.4 Å². The summed E-state index contributed by atoms with van der Waals surface area (Å²) < 4.78 is 32.6. The van der Waals surface area contributed by atoms with Crippen molar-refractivity contribution in [3.8, 4) is 0 Å². The fourth-order valence-electron chi connectivity index (χ4n) is 4.24. The van der Waals surface area contributed by atoms with Crippen molar-refractivity contribution in [1.29, 1.82) is 0 Å². The molecule has 0 spiro atoms. The highest BCUT2D eigenvalue weighted by molar-refractivity contribution is 8.00. The van der Waals surface area contributed by atoms with Gasteiger partial charge in [-0.05, 0) is 63.7 Å². The maximum Gasteiger partial charge on any atom is 0.0701 e. The van der Waals surface area contributed by atoms with Crippen LogP contribution < -0.4 is 4.72 Å². The molecule has 3 rings (SSSR count). The second-order valence-electron chi connectivity index (χ2n) is 8.92. The molecule has 204 valence electrons. The van der Waals surface area contributed by atoms with Gasteiger partial charge in [-0.3, -0.25) is 8.93 Å². The predicted octanol–water partition coefficient (Wildman–Crippen LogP) is 4.44. The van der Waals surface area contributed by atoms with Gasteiger partial charge in [-0.15, -0.1) is 0 Å². The van der Waals surface area contributed by atoms with Crippen molar-refractivity contribution in [3.63, 3.8) is 0 Å². The van der Waals surface area contributed by atoms with Crippen molar-refractivity contribution in [2.75, 3.05) is 72.6 Å². The van der Waals surface area contributed by atoms with E-state index in [0.29, 0.717) is 62.8 Å². The molecule has 0 amide bonds. The SMILES string of the molecule is CN1Cc2c(Cl)cc(Cl)cc2[C@@H](c2ccc([SH](C)(=O)NCCOCCOCCOCCN=[N+]=[N-])cc2)C1. The molecule has 0 saturated carbocycles. The molecule has 2 aromatic carbocycles. The summed E-state index contributed by atoms with van der Waals surface area (Å²) in [6.07, 6.45) is 1.73. The number of likely N-dealkylation sites (N-methyl/N-ethyl adjacent to an activating group) is 1. The van der Waals surface area contributed by atoms with Crippen LogP contribution in [-0.2, 0) is 30.9 Å². The van der Waals surface area contributed by atoms with Crippen LogP contribution in [-0.4, -0.2) is 81.7 Å². The smallest absolute Gasteiger partial charge is 0.0701 e. The fraction of sp³-hybridized carbons (Fsp3) is 0.520. The number of fused-ring (bicyclic) bond motifs is 1. The molecular formula is C25H35Cl2N5O4S. The predicted molar refractivity (Wildman–Crippen MR) is 149 cm³/mol. The van der Waals surface area contributed by atoms with Crippen molar-refractivity contribution < 1.29 is 18.4 Å². The van der Waals surface area contributed by atoms with Crippen molar-refractivity contribution in [1.82, 2.24) is 9.62 Å². The number of hydrogen-bond donors (Lipinski definition) is 2. The zero-order valence-electron chi connectivity index (χ0n) is 21.2. The molecule has 1 N–H and O–H groups in total. The maximum atomic E-state index is 13.3. The molecule has 0 bridgehead atoms. The maximum absolute atomic E-state index is 13.3. The van der Waals surface area contributed by atoms with Crippen LogP contribution in [0.4, 0.5) is 0 Å². The summed E-state index contributed by atoms with van der Waals surface area (Å²) in [5.41, 5.74) is 11.6. The summed E-state index contributed by atoms with van der Waals surface area (Å²) in [5, 5.41) is 4.71. The highest BCUT2D eigenvalue weighted by Gasteiger charge is 2.27. The lowest BCUT2D eigenvalue weighted by atomic mass is 9.85. The Labute approximate surface area is 229 Å². The second-order valence-corrected chi connectivity index (χ2v) is 12.4. The van der Waals surface area contributed by atoms with Crippen molar-refractivity contribution in [2.45, 2.75) is 17.4 Å². The summed E-state index contributed by atoms with van der Waals surface area (Å²) in [7, 11) is -0.659. The van der Waals surface area contributed by atoms with E-state index in [1.165, 1.54) is 0 Å². The third-order valence-corrected chi connectivity index (χ3v) is 8.75. The number of hydrogen-bond acceptors (Lipinski definition) is 6. The molecule has 0 unspecified atom stereocenters. The van der Waals surface area contributed by atoms with Crippen LogP contribution in [0, 0.1) is 0 Å². The monoisotopic (exact) mass is 571 g/mol. The van der Waals surface area contributed by atoms with E-state index in [2.05, 4.69) is 26.7 Å². The third-order valence-electron chi connectivity index (χ3n) is 6.08. The Morgan fingerprint density at radius 1 is 1.08 bits per heavy atom. The number of halogens is 2. The first-order chi connectivity index (χ1) is 17.8. The van der Waals surface area contributed by atoms with Crippen LogP contribution in [0.2, 0.25) is 10.0 Å². The lowest BCUT2D eigenvalue weighted by molar-refractivity contribution is 0.0171. The van der Waals surface area contributed by atoms with Gasteiger partial charge in [0, 0.05) is 58.2 Å². The van der Waals surface area contributed by atoms with E-state index in [4.69, 9.17) is 42.9 Å². The molecule has 0 aliphatic carbocycles. The molecule has 1 heterocycles. The Balaban J connectivity index is 1.42. The van der Waals surface area contributed by atoms with Gasteiger partial charge >= 0.3 is 0 Å². The van der Waals surface area contributed by atoms with Crippen molar-refractivity contribution in [2.24, 2.45) is 5.11 Å². The van der Waals surface area contributed by atoms with Crippen LogP contribution in [0.15, 0.2) is 46.4 Å². The number of thiol groups is 1. The Hall–Kier alpha value is -1.72. The van der Waals surface area contributed by atoms with Gasteiger partial charge in [0.15, 0.2) is 0 Å². The highest BCUT2D eigenvalue weighted by atomic mass is 35.5. The molecule has 9 nitrogen and oxygen atoms in total. The summed E-state index contributed by atoms with van der Waals surface area (Å²) in [4.78, 5) is 5.67. The summed E-state index contributed by atoms with van der Waals surface area (Å²) in [5.74, 6) is 0.142. The van der Waals surface area contributed by atoms with Crippen molar-refractivity contribution in [3.05, 3.63) is 73.6 Å². The second kappa shape index (κ2) is 15.0. The van der Waals surface area contributed by atoms with Crippen molar-refractivity contribution >= 4 is 33.3 Å². The van der Waals surface area contributed by atoms with Gasteiger partial charge in [0.2, 0.25) is 0 Å². The van der Waals surface area contributed by atoms with E-state index in [1.54, 1.807) is 12.3 Å². The Kier molecular flexibility index (Phi) is 12.1. The van der Waals surface area contributed by atoms with Gasteiger partial charge in [0.05, 0.1) is 39.6 Å². The standard InChI is InChI=1S/C25H35Cl2N5O4S/c1-32-17-23(22-15-20(26)16-25(27)24(22)18-32)19-3-5-21(6-4-19)37(2,33)30-8-10-35-12-14-36-13-11-34-9-7-29-31-28/h3-6,15-16,23,37H,7-14,17-18H2,1-2H3,(H,30,33)/t23-/m1/s1. The summed E-state index contributed by atoms with van der Waals surface area (Å²) in [6, 6.07) is 11.8. The van der Waals surface area contributed by atoms with Gasteiger partial charge in [0.25, 0.3) is 0 Å². The number of azide groups is 1. The molecule has 0 saturated heterocycles. The van der Waals surface area contributed by atoms with Gasteiger partial charge in [0.1, 0.15) is 0 Å². The molecule has 0 radical (unpaired) electrons. The lowest BCUT2D eigenvalue weighted by Crippen LogP contribution is -2.33. The molecule has 1 atom stereocenters. The van der Waals surface area contributed by atoms with E-state index in [9.17, 15) is 4.21 Å². The fourth-order valence-corrected chi connectivity index (χ4v) is 6.22. The third kappa shape index (κ3) is 9.21. The molecule has 12 heteroatoms.